The van der Waals surface area contributed by atoms with Crippen LogP contribution in [0.15, 0.2) is 53.9 Å². The average molecular weight is 585 g/mol. The van der Waals surface area contributed by atoms with Crippen LogP contribution in [0.1, 0.15) is 10.4 Å². The molecule has 0 saturated carbocycles. The van der Waals surface area contributed by atoms with Crippen LogP contribution in [0.2, 0.25) is 5.02 Å². The number of aromatic nitrogens is 2. The van der Waals surface area contributed by atoms with Crippen LogP contribution in [0.5, 0.6) is 5.75 Å². The first kappa shape index (κ1) is 27.2. The lowest BCUT2D eigenvalue weighted by Crippen LogP contribution is -2.21. The molecule has 2 aromatic carbocycles. The van der Waals surface area contributed by atoms with Crippen molar-refractivity contribution in [3.05, 3.63) is 64.5 Å². The topological polar surface area (TPSA) is 191 Å². The summed E-state index contributed by atoms with van der Waals surface area (Å²) in [5.74, 6) is -0.124. The molecule has 0 atom stereocenters. The maximum atomic E-state index is 12.8. The van der Waals surface area contributed by atoms with Crippen molar-refractivity contribution in [1.82, 2.24) is 9.97 Å². The molecule has 2 aromatic heterocycles. The van der Waals surface area contributed by atoms with E-state index in [1.807, 2.05) is 0 Å². The Hall–Kier alpha value is -2.86. The summed E-state index contributed by atoms with van der Waals surface area (Å²) in [4.78, 5) is 59.9. The number of fused-ring (bicyclic) bond motifs is 1. The molecule has 1 amide bonds. The minimum absolute atomic E-state index is 0.0909. The smallest absolute Gasteiger partial charge is 0.360 e. The molecule has 194 valence electrons. The van der Waals surface area contributed by atoms with E-state index in [1.165, 1.54) is 30.6 Å². The SMILES string of the molecule is COc1cc(Cl)cc(C(=O)Nc2cccc(-c3nc(NC(P(=O)(O)O)P(=O)(O)O)c4ccsc4n3)c2)c1. The third-order valence-corrected chi connectivity index (χ3v) is 9.34. The van der Waals surface area contributed by atoms with Crippen molar-refractivity contribution in [2.24, 2.45) is 0 Å². The van der Waals surface area contributed by atoms with Crippen LogP contribution in [0.25, 0.3) is 21.6 Å². The van der Waals surface area contributed by atoms with E-state index in [1.54, 1.807) is 41.8 Å². The highest BCUT2D eigenvalue weighted by Crippen LogP contribution is 2.59. The van der Waals surface area contributed by atoms with Crippen LogP contribution in [0, 0.1) is 0 Å². The summed E-state index contributed by atoms with van der Waals surface area (Å²) >= 11 is 7.24. The van der Waals surface area contributed by atoms with Crippen LogP contribution in [-0.4, -0.2) is 48.1 Å². The number of anilines is 2. The largest absolute Gasteiger partial charge is 0.497 e. The minimum Gasteiger partial charge on any atom is -0.497 e. The van der Waals surface area contributed by atoms with Gasteiger partial charge in [0.05, 0.1) is 12.5 Å². The fraction of sp³-hybridized carbons (Fsp3) is 0.0952. The van der Waals surface area contributed by atoms with Crippen LogP contribution in [0.4, 0.5) is 11.5 Å². The first-order chi connectivity index (χ1) is 17.3. The van der Waals surface area contributed by atoms with Gasteiger partial charge in [0.2, 0.25) is 5.52 Å². The number of ether oxygens (including phenoxy) is 1. The van der Waals surface area contributed by atoms with Crippen molar-refractivity contribution >= 4 is 65.8 Å². The molecule has 2 heterocycles. The molecule has 0 unspecified atom stereocenters. The molecule has 37 heavy (non-hydrogen) atoms. The summed E-state index contributed by atoms with van der Waals surface area (Å²) in [7, 11) is -9.09. The number of nitrogens with zero attached hydrogens (tertiary/aromatic N) is 2. The summed E-state index contributed by atoms with van der Waals surface area (Å²) in [6.07, 6.45) is 0. The lowest BCUT2D eigenvalue weighted by atomic mass is 10.1. The summed E-state index contributed by atoms with van der Waals surface area (Å²) in [6, 6.07) is 12.6. The molecule has 0 spiro atoms. The Bertz CT molecular complexity index is 1570. The zero-order valence-corrected chi connectivity index (χ0v) is 22.1. The molecule has 12 nitrogen and oxygen atoms in total. The molecule has 4 rings (SSSR count). The van der Waals surface area contributed by atoms with E-state index in [-0.39, 0.29) is 17.2 Å². The molecule has 4 aromatic rings. The van der Waals surface area contributed by atoms with Crippen molar-refractivity contribution in [3.63, 3.8) is 0 Å². The highest BCUT2D eigenvalue weighted by molar-refractivity contribution is 7.71. The van der Waals surface area contributed by atoms with Gasteiger partial charge in [-0.2, -0.15) is 0 Å². The molecule has 0 aliphatic rings. The van der Waals surface area contributed by atoms with Crippen molar-refractivity contribution in [3.8, 4) is 17.1 Å². The molecule has 0 aliphatic heterocycles. The van der Waals surface area contributed by atoms with Crippen molar-refractivity contribution < 1.29 is 38.2 Å². The first-order valence-electron chi connectivity index (χ1n) is 10.2. The number of hydrogen-bond donors (Lipinski definition) is 6. The molecule has 6 N–H and O–H groups in total. The number of amides is 1. The highest BCUT2D eigenvalue weighted by Gasteiger charge is 2.44. The Morgan fingerprint density at radius 2 is 1.78 bits per heavy atom. The lowest BCUT2D eigenvalue weighted by molar-refractivity contribution is 0.102. The Morgan fingerprint density at radius 3 is 2.46 bits per heavy atom. The van der Waals surface area contributed by atoms with Gasteiger partial charge in [0.25, 0.3) is 5.91 Å². The Morgan fingerprint density at radius 1 is 1.05 bits per heavy atom. The number of halogens is 1. The Labute approximate surface area is 218 Å². The second-order valence-electron chi connectivity index (χ2n) is 7.65. The number of benzene rings is 2. The summed E-state index contributed by atoms with van der Waals surface area (Å²) in [6.45, 7) is 0. The first-order valence-corrected chi connectivity index (χ1v) is 14.9. The Kier molecular flexibility index (Phi) is 7.70. The van der Waals surface area contributed by atoms with Crippen LogP contribution >= 0.6 is 38.1 Å². The van der Waals surface area contributed by atoms with E-state index in [4.69, 9.17) is 16.3 Å². The fourth-order valence-corrected chi connectivity index (χ4v) is 6.47. The summed E-state index contributed by atoms with van der Waals surface area (Å²) in [5, 5.41) is 7.24. The third kappa shape index (κ3) is 6.35. The predicted molar refractivity (Wildman–Crippen MR) is 140 cm³/mol. The van der Waals surface area contributed by atoms with E-state index >= 15 is 0 Å². The molecule has 0 radical (unpaired) electrons. The van der Waals surface area contributed by atoms with E-state index in [0.29, 0.717) is 32.2 Å². The van der Waals surface area contributed by atoms with Crippen LogP contribution in [-0.2, 0) is 9.13 Å². The van der Waals surface area contributed by atoms with E-state index in [9.17, 15) is 33.5 Å². The number of carbonyl (C=O) groups excluding carboxylic acids is 1. The number of hydrogen-bond acceptors (Lipinski definition) is 8. The van der Waals surface area contributed by atoms with E-state index in [2.05, 4.69) is 20.6 Å². The van der Waals surface area contributed by atoms with Gasteiger partial charge in [-0.25, -0.2) is 9.97 Å². The van der Waals surface area contributed by atoms with E-state index < -0.39 is 26.6 Å². The average Bonchev–Trinajstić information content (AvgIpc) is 3.29. The van der Waals surface area contributed by atoms with Crippen LogP contribution in [0.3, 0.4) is 0 Å². The number of carbonyl (C=O) groups is 1. The normalized spacial score (nSPS) is 12.1. The van der Waals surface area contributed by atoms with Crippen LogP contribution < -0.4 is 15.4 Å². The zero-order valence-electron chi connectivity index (χ0n) is 18.8. The van der Waals surface area contributed by atoms with Crippen molar-refractivity contribution in [2.75, 3.05) is 17.7 Å². The number of methoxy groups -OCH3 is 1. The predicted octanol–water partition coefficient (Wildman–Crippen LogP) is 4.32. The third-order valence-electron chi connectivity index (χ3n) is 4.98. The summed E-state index contributed by atoms with van der Waals surface area (Å²) in [5.41, 5.74) is -1.43. The molecule has 0 fully saturated rings. The molecular formula is C21H19ClN4O8P2S. The molecule has 0 bridgehead atoms. The lowest BCUT2D eigenvalue weighted by Gasteiger charge is -2.21. The van der Waals surface area contributed by atoms with Gasteiger partial charge in [0, 0.05) is 21.8 Å². The van der Waals surface area contributed by atoms with Gasteiger partial charge in [-0.15, -0.1) is 11.3 Å². The van der Waals surface area contributed by atoms with Gasteiger partial charge >= 0.3 is 15.2 Å². The van der Waals surface area contributed by atoms with Gasteiger partial charge in [-0.3, -0.25) is 13.9 Å². The quantitative estimate of drug-likeness (QED) is 0.162. The molecule has 0 saturated heterocycles. The van der Waals surface area contributed by atoms with Gasteiger partial charge in [0.1, 0.15) is 16.4 Å². The Balaban J connectivity index is 1.69. The molecule has 0 aliphatic carbocycles. The zero-order chi connectivity index (χ0) is 27.0. The van der Waals surface area contributed by atoms with Gasteiger partial charge in [-0.1, -0.05) is 23.7 Å². The molecular weight excluding hydrogens is 566 g/mol. The van der Waals surface area contributed by atoms with Gasteiger partial charge < -0.3 is 34.9 Å². The fourth-order valence-electron chi connectivity index (χ4n) is 3.33. The monoisotopic (exact) mass is 584 g/mol. The highest BCUT2D eigenvalue weighted by atomic mass is 35.5. The summed E-state index contributed by atoms with van der Waals surface area (Å²) < 4.78 is 28.7. The number of nitrogens with one attached hydrogen (secondary N) is 2. The van der Waals surface area contributed by atoms with Crippen molar-refractivity contribution in [2.45, 2.75) is 5.52 Å². The number of thiophene rings is 1. The second-order valence-corrected chi connectivity index (χ2v) is 12.8. The number of rotatable bonds is 8. The standard InChI is InChI=1S/C21H19ClN4O8P2S/c1-34-15-9-12(7-13(22)10-15)19(27)23-14-4-2-3-11(8-14)17-24-18(16-5-6-37-20(16)25-17)26-21(35(28,29)30)36(31,32)33/h2-10,21H,1H3,(H,23,27)(H,24,25,26)(H2,28,29,30)(H2,31,32,33). The van der Waals surface area contributed by atoms with E-state index in [0.717, 1.165) is 0 Å². The maximum absolute atomic E-state index is 12.8. The van der Waals surface area contributed by atoms with Gasteiger partial charge in [-0.05, 0) is 41.8 Å². The van der Waals surface area contributed by atoms with Crippen molar-refractivity contribution in [1.29, 1.82) is 0 Å². The maximum Gasteiger partial charge on any atom is 0.360 e. The van der Waals surface area contributed by atoms with Gasteiger partial charge in [0.15, 0.2) is 5.82 Å². The molecule has 16 heteroatoms. The second kappa shape index (κ2) is 10.5. The minimum atomic E-state index is -5.27.